The molecule has 136 valence electrons. The highest BCUT2D eigenvalue weighted by atomic mass is 16.6. The zero-order valence-electron chi connectivity index (χ0n) is 16.1. The first-order valence-electron chi connectivity index (χ1n) is 8.87. The predicted octanol–water partition coefficient (Wildman–Crippen LogP) is 3.13. The second-order valence-electron chi connectivity index (χ2n) is 8.80. The van der Waals surface area contributed by atoms with Gasteiger partial charge in [-0.2, -0.15) is 0 Å². The summed E-state index contributed by atoms with van der Waals surface area (Å²) in [6.45, 7) is 12.8. The Hall–Kier alpha value is -0.810. The number of alkyl carbamates (subject to hydrolysis) is 1. The Morgan fingerprint density at radius 1 is 1.35 bits per heavy atom. The Bertz CT molecular complexity index is 380. The second-order valence-corrected chi connectivity index (χ2v) is 8.80. The molecule has 1 amide bonds. The number of nitrogens with one attached hydrogen (secondary N) is 1. The first-order chi connectivity index (χ1) is 10.4. The molecule has 1 rings (SSSR count). The predicted molar refractivity (Wildman–Crippen MR) is 95.5 cm³/mol. The zero-order valence-corrected chi connectivity index (χ0v) is 16.1. The van der Waals surface area contributed by atoms with E-state index in [0.717, 1.165) is 0 Å². The maximum Gasteiger partial charge on any atom is 0.407 e. The SMILES string of the molecule is CC(NC(=O)OC(C)(C)C)C(CN)N(C)C1CCC(C)(C)CC1. The molecule has 1 saturated carbocycles. The Morgan fingerprint density at radius 2 is 1.87 bits per heavy atom. The van der Waals surface area contributed by atoms with Crippen molar-refractivity contribution in [3.8, 4) is 0 Å². The number of ether oxygens (including phenoxy) is 1. The third-order valence-electron chi connectivity index (χ3n) is 4.97. The molecule has 3 N–H and O–H groups in total. The van der Waals surface area contributed by atoms with Gasteiger partial charge in [0.1, 0.15) is 5.60 Å². The number of likely N-dealkylation sites (N-methyl/N-ethyl adjacent to an activating group) is 1. The Morgan fingerprint density at radius 3 is 2.30 bits per heavy atom. The van der Waals surface area contributed by atoms with Crippen LogP contribution in [-0.2, 0) is 4.74 Å². The van der Waals surface area contributed by atoms with E-state index < -0.39 is 5.60 Å². The van der Waals surface area contributed by atoms with Gasteiger partial charge in [-0.15, -0.1) is 0 Å². The van der Waals surface area contributed by atoms with Gasteiger partial charge in [-0.3, -0.25) is 4.90 Å². The average Bonchev–Trinajstić information content (AvgIpc) is 2.36. The highest BCUT2D eigenvalue weighted by Crippen LogP contribution is 2.37. The lowest BCUT2D eigenvalue weighted by atomic mass is 9.75. The van der Waals surface area contributed by atoms with Gasteiger partial charge in [-0.1, -0.05) is 13.8 Å². The van der Waals surface area contributed by atoms with Gasteiger partial charge in [0.2, 0.25) is 0 Å². The number of hydrogen-bond donors (Lipinski definition) is 2. The summed E-state index contributed by atoms with van der Waals surface area (Å²) in [7, 11) is 2.13. The minimum absolute atomic E-state index is 0.0465. The molecule has 5 nitrogen and oxygen atoms in total. The third kappa shape index (κ3) is 6.68. The lowest BCUT2D eigenvalue weighted by Gasteiger charge is -2.43. The summed E-state index contributed by atoms with van der Waals surface area (Å²) in [6.07, 6.45) is 4.50. The molecule has 0 aromatic rings. The molecular weight excluding hydrogens is 290 g/mol. The topological polar surface area (TPSA) is 67.6 Å². The van der Waals surface area contributed by atoms with Crippen LogP contribution in [0.1, 0.15) is 67.2 Å². The average molecular weight is 328 g/mol. The van der Waals surface area contributed by atoms with Crippen LogP contribution < -0.4 is 11.1 Å². The van der Waals surface area contributed by atoms with Crippen molar-refractivity contribution in [2.24, 2.45) is 11.1 Å². The van der Waals surface area contributed by atoms with E-state index in [0.29, 0.717) is 18.0 Å². The molecule has 1 fully saturated rings. The van der Waals surface area contributed by atoms with Crippen LogP contribution in [0.3, 0.4) is 0 Å². The van der Waals surface area contributed by atoms with E-state index in [2.05, 4.69) is 31.1 Å². The van der Waals surface area contributed by atoms with Crippen LogP contribution in [0.15, 0.2) is 0 Å². The number of nitrogens with zero attached hydrogens (tertiary/aromatic N) is 1. The van der Waals surface area contributed by atoms with Crippen molar-refractivity contribution in [2.75, 3.05) is 13.6 Å². The summed E-state index contributed by atoms with van der Waals surface area (Å²) >= 11 is 0. The molecule has 0 aromatic heterocycles. The molecule has 0 saturated heterocycles. The van der Waals surface area contributed by atoms with Gasteiger partial charge in [0.15, 0.2) is 0 Å². The van der Waals surface area contributed by atoms with E-state index in [4.69, 9.17) is 10.5 Å². The van der Waals surface area contributed by atoms with Gasteiger partial charge >= 0.3 is 6.09 Å². The van der Waals surface area contributed by atoms with Crippen molar-refractivity contribution in [1.29, 1.82) is 0 Å². The van der Waals surface area contributed by atoms with Gasteiger partial charge in [-0.25, -0.2) is 4.79 Å². The van der Waals surface area contributed by atoms with Gasteiger partial charge in [0.05, 0.1) is 0 Å². The molecule has 5 heteroatoms. The van der Waals surface area contributed by atoms with E-state index in [-0.39, 0.29) is 18.2 Å². The molecule has 23 heavy (non-hydrogen) atoms. The van der Waals surface area contributed by atoms with Crippen molar-refractivity contribution in [3.05, 3.63) is 0 Å². The summed E-state index contributed by atoms with van der Waals surface area (Å²) in [5.74, 6) is 0. The maximum atomic E-state index is 12.0. The number of carbonyl (C=O) groups excluding carboxylic acids is 1. The van der Waals surface area contributed by atoms with Gasteiger partial charge in [-0.05, 0) is 65.8 Å². The number of carbonyl (C=O) groups is 1. The number of nitrogens with two attached hydrogens (primary N) is 1. The zero-order chi connectivity index (χ0) is 17.8. The summed E-state index contributed by atoms with van der Waals surface area (Å²) in [5, 5.41) is 2.94. The maximum absolute atomic E-state index is 12.0. The van der Waals surface area contributed by atoms with Crippen LogP contribution in [0.25, 0.3) is 0 Å². The van der Waals surface area contributed by atoms with Crippen molar-refractivity contribution in [2.45, 2.75) is 91.0 Å². The van der Waals surface area contributed by atoms with Gasteiger partial charge in [0, 0.05) is 24.7 Å². The minimum atomic E-state index is -0.483. The molecule has 2 atom stereocenters. The fraction of sp³-hybridized carbons (Fsp3) is 0.944. The van der Waals surface area contributed by atoms with Crippen molar-refractivity contribution < 1.29 is 9.53 Å². The molecule has 0 spiro atoms. The quantitative estimate of drug-likeness (QED) is 0.814. The van der Waals surface area contributed by atoms with Gasteiger partial charge < -0.3 is 15.8 Å². The summed E-state index contributed by atoms with van der Waals surface area (Å²) < 4.78 is 5.35. The van der Waals surface area contributed by atoms with E-state index in [9.17, 15) is 4.79 Å². The molecule has 1 aliphatic carbocycles. The molecule has 0 heterocycles. The summed E-state index contributed by atoms with van der Waals surface area (Å²) in [5.41, 5.74) is 5.97. The fourth-order valence-corrected chi connectivity index (χ4v) is 3.37. The molecular formula is C18H37N3O2. The fourth-order valence-electron chi connectivity index (χ4n) is 3.37. The number of hydrogen-bond acceptors (Lipinski definition) is 4. The van der Waals surface area contributed by atoms with Crippen molar-refractivity contribution >= 4 is 6.09 Å². The molecule has 0 aliphatic heterocycles. The Kier molecular flexibility index (Phi) is 6.90. The van der Waals surface area contributed by atoms with E-state index >= 15 is 0 Å². The normalized spacial score (nSPS) is 21.8. The molecule has 1 aliphatic rings. The molecule has 0 bridgehead atoms. The van der Waals surface area contributed by atoms with E-state index in [1.165, 1.54) is 25.7 Å². The van der Waals surface area contributed by atoms with E-state index in [1.54, 1.807) is 0 Å². The number of amides is 1. The van der Waals surface area contributed by atoms with Crippen LogP contribution in [0.4, 0.5) is 4.79 Å². The van der Waals surface area contributed by atoms with Gasteiger partial charge in [0.25, 0.3) is 0 Å². The Balaban J connectivity index is 2.59. The van der Waals surface area contributed by atoms with Crippen LogP contribution >= 0.6 is 0 Å². The lowest BCUT2D eigenvalue weighted by molar-refractivity contribution is 0.0431. The summed E-state index contributed by atoms with van der Waals surface area (Å²) in [6, 6.07) is 0.614. The highest BCUT2D eigenvalue weighted by Gasteiger charge is 2.33. The monoisotopic (exact) mass is 327 g/mol. The first-order valence-corrected chi connectivity index (χ1v) is 8.87. The Labute approximate surface area is 142 Å². The minimum Gasteiger partial charge on any atom is -0.444 e. The lowest BCUT2D eigenvalue weighted by Crippen LogP contribution is -2.56. The van der Waals surface area contributed by atoms with Crippen LogP contribution in [0.5, 0.6) is 0 Å². The van der Waals surface area contributed by atoms with Crippen LogP contribution in [-0.4, -0.2) is 48.3 Å². The second kappa shape index (κ2) is 7.84. The van der Waals surface area contributed by atoms with Crippen LogP contribution in [0.2, 0.25) is 0 Å². The standard InChI is InChI=1S/C18H37N3O2/c1-13(20-16(22)23-17(2,3)4)15(12-19)21(7)14-8-10-18(5,6)11-9-14/h13-15H,8-12,19H2,1-7H3,(H,20,22). The molecule has 0 radical (unpaired) electrons. The first kappa shape index (κ1) is 20.2. The largest absolute Gasteiger partial charge is 0.444 e. The molecule has 2 unspecified atom stereocenters. The van der Waals surface area contributed by atoms with Crippen molar-refractivity contribution in [3.63, 3.8) is 0 Å². The van der Waals surface area contributed by atoms with E-state index in [1.807, 2.05) is 27.7 Å². The van der Waals surface area contributed by atoms with Crippen molar-refractivity contribution in [1.82, 2.24) is 10.2 Å². The molecule has 0 aromatic carbocycles. The third-order valence-corrected chi connectivity index (χ3v) is 4.97. The smallest absolute Gasteiger partial charge is 0.407 e. The summed E-state index contributed by atoms with van der Waals surface area (Å²) in [4.78, 5) is 14.3. The van der Waals surface area contributed by atoms with Crippen LogP contribution in [0, 0.1) is 5.41 Å². The number of rotatable bonds is 5. The highest BCUT2D eigenvalue weighted by molar-refractivity contribution is 5.68.